The molecule has 7 heteroatoms. The first-order chi connectivity index (χ1) is 17.0. The lowest BCUT2D eigenvalue weighted by Gasteiger charge is -2.31. The first-order valence-electron chi connectivity index (χ1n) is 11.7. The predicted molar refractivity (Wildman–Crippen MR) is 138 cm³/mol. The van der Waals surface area contributed by atoms with Crippen LogP contribution in [-0.2, 0) is 22.6 Å². The molecule has 0 heterocycles. The Morgan fingerprint density at radius 3 is 2.34 bits per heavy atom. The fraction of sp³-hybridized carbons (Fsp3) is 0.286. The van der Waals surface area contributed by atoms with Crippen molar-refractivity contribution in [1.82, 2.24) is 10.2 Å². The molecule has 0 aliphatic rings. The van der Waals surface area contributed by atoms with Gasteiger partial charge < -0.3 is 15.0 Å². The van der Waals surface area contributed by atoms with E-state index in [1.54, 1.807) is 12.1 Å². The van der Waals surface area contributed by atoms with Crippen LogP contribution >= 0.6 is 15.9 Å². The van der Waals surface area contributed by atoms with Gasteiger partial charge in [0.1, 0.15) is 6.04 Å². The van der Waals surface area contributed by atoms with Crippen molar-refractivity contribution in [2.75, 3.05) is 13.2 Å². The smallest absolute Gasteiger partial charge is 0.261 e. The van der Waals surface area contributed by atoms with Crippen molar-refractivity contribution in [2.24, 2.45) is 0 Å². The molecule has 35 heavy (non-hydrogen) atoms. The van der Waals surface area contributed by atoms with Crippen LogP contribution in [0.15, 0.2) is 83.3 Å². The van der Waals surface area contributed by atoms with E-state index in [0.29, 0.717) is 13.0 Å². The highest BCUT2D eigenvalue weighted by atomic mass is 79.9. The van der Waals surface area contributed by atoms with Crippen LogP contribution in [0.4, 0.5) is 4.39 Å². The molecule has 0 aliphatic heterocycles. The predicted octanol–water partition coefficient (Wildman–Crippen LogP) is 5.52. The Hall–Kier alpha value is -3.19. The molecule has 1 atom stereocenters. The summed E-state index contributed by atoms with van der Waals surface area (Å²) < 4.78 is 20.5. The van der Waals surface area contributed by atoms with Crippen molar-refractivity contribution in [1.29, 1.82) is 0 Å². The first-order valence-corrected chi connectivity index (χ1v) is 12.5. The van der Waals surface area contributed by atoms with E-state index in [1.165, 1.54) is 17.0 Å². The van der Waals surface area contributed by atoms with Crippen LogP contribution in [-0.4, -0.2) is 35.9 Å². The van der Waals surface area contributed by atoms with E-state index in [4.69, 9.17) is 4.74 Å². The summed E-state index contributed by atoms with van der Waals surface area (Å²) in [5.41, 5.74) is 1.80. The van der Waals surface area contributed by atoms with Crippen LogP contribution in [0.25, 0.3) is 0 Å². The fourth-order valence-electron chi connectivity index (χ4n) is 3.63. The molecular weight excluding hydrogens is 511 g/mol. The molecule has 1 N–H and O–H groups in total. The number of carbonyl (C=O) groups excluding carboxylic acids is 2. The van der Waals surface area contributed by atoms with Gasteiger partial charge in [0.2, 0.25) is 5.91 Å². The van der Waals surface area contributed by atoms with Gasteiger partial charge in [-0.15, -0.1) is 0 Å². The number of nitrogens with one attached hydrogen (secondary N) is 1. The lowest BCUT2D eigenvalue weighted by atomic mass is 10.0. The number of hydrogen-bond acceptors (Lipinski definition) is 3. The zero-order chi connectivity index (χ0) is 25.0. The summed E-state index contributed by atoms with van der Waals surface area (Å²) in [6.07, 6.45) is 2.14. The second-order valence-electron chi connectivity index (χ2n) is 8.22. The molecular formula is C28H30BrFN2O3. The molecule has 0 spiro atoms. The standard InChI is InChI=1S/C28H30BrFN2O3/c1-2-3-17-31-28(34)25(18-21-9-5-4-6-10-21)32(19-22-13-15-23(29)16-14-22)27(33)20-35-26-12-8-7-11-24(26)30/h4-16,25H,2-3,17-20H2,1H3,(H,31,34)/t25-/m1/s1. The van der Waals surface area contributed by atoms with Gasteiger partial charge in [-0.2, -0.15) is 0 Å². The molecule has 0 unspecified atom stereocenters. The van der Waals surface area contributed by atoms with Gasteiger partial charge in [0.05, 0.1) is 0 Å². The number of ether oxygens (including phenoxy) is 1. The van der Waals surface area contributed by atoms with Gasteiger partial charge in [0.15, 0.2) is 18.2 Å². The van der Waals surface area contributed by atoms with Crippen molar-refractivity contribution in [3.8, 4) is 5.75 Å². The van der Waals surface area contributed by atoms with Crippen LogP contribution in [0.5, 0.6) is 5.75 Å². The summed E-state index contributed by atoms with van der Waals surface area (Å²) in [6.45, 7) is 2.42. The fourth-order valence-corrected chi connectivity index (χ4v) is 3.90. The maximum Gasteiger partial charge on any atom is 0.261 e. The zero-order valence-corrected chi connectivity index (χ0v) is 21.3. The van der Waals surface area contributed by atoms with E-state index in [-0.39, 0.29) is 24.8 Å². The summed E-state index contributed by atoms with van der Waals surface area (Å²) in [5, 5.41) is 2.98. The minimum Gasteiger partial charge on any atom is -0.481 e. The molecule has 0 aliphatic carbocycles. The highest BCUT2D eigenvalue weighted by Gasteiger charge is 2.30. The third-order valence-electron chi connectivity index (χ3n) is 5.55. The van der Waals surface area contributed by atoms with Crippen LogP contribution < -0.4 is 10.1 Å². The normalized spacial score (nSPS) is 11.5. The van der Waals surface area contributed by atoms with Crippen molar-refractivity contribution < 1.29 is 18.7 Å². The van der Waals surface area contributed by atoms with Crippen LogP contribution in [0.3, 0.4) is 0 Å². The lowest BCUT2D eigenvalue weighted by molar-refractivity contribution is -0.142. The monoisotopic (exact) mass is 540 g/mol. The summed E-state index contributed by atoms with van der Waals surface area (Å²) in [7, 11) is 0. The maximum absolute atomic E-state index is 14.1. The summed E-state index contributed by atoms with van der Waals surface area (Å²) in [6, 6.07) is 22.4. The molecule has 0 bridgehead atoms. The summed E-state index contributed by atoms with van der Waals surface area (Å²) in [4.78, 5) is 28.3. The van der Waals surface area contributed by atoms with E-state index >= 15 is 0 Å². The second kappa shape index (κ2) is 13.6. The molecule has 0 aromatic heterocycles. The second-order valence-corrected chi connectivity index (χ2v) is 9.13. The Morgan fingerprint density at radius 1 is 0.971 bits per heavy atom. The third kappa shape index (κ3) is 8.21. The van der Waals surface area contributed by atoms with Gasteiger partial charge in [0.25, 0.3) is 5.91 Å². The van der Waals surface area contributed by atoms with Crippen molar-refractivity contribution in [2.45, 2.75) is 38.8 Å². The van der Waals surface area contributed by atoms with E-state index in [9.17, 15) is 14.0 Å². The highest BCUT2D eigenvalue weighted by Crippen LogP contribution is 2.19. The molecule has 3 rings (SSSR count). The minimum atomic E-state index is -0.755. The largest absolute Gasteiger partial charge is 0.481 e. The molecule has 0 radical (unpaired) electrons. The number of carbonyl (C=O) groups is 2. The van der Waals surface area contributed by atoms with E-state index in [2.05, 4.69) is 28.2 Å². The number of para-hydroxylation sites is 1. The first kappa shape index (κ1) is 26.4. The molecule has 0 saturated carbocycles. The van der Waals surface area contributed by atoms with Gasteiger partial charge in [-0.05, 0) is 41.8 Å². The topological polar surface area (TPSA) is 58.6 Å². The van der Waals surface area contributed by atoms with Gasteiger partial charge in [-0.1, -0.05) is 83.9 Å². The van der Waals surface area contributed by atoms with E-state index < -0.39 is 17.8 Å². The van der Waals surface area contributed by atoms with E-state index in [0.717, 1.165) is 28.4 Å². The Labute approximate surface area is 214 Å². The number of benzene rings is 3. The van der Waals surface area contributed by atoms with Crippen molar-refractivity contribution in [3.05, 3.63) is 100 Å². The van der Waals surface area contributed by atoms with E-state index in [1.807, 2.05) is 54.6 Å². The number of rotatable bonds is 12. The van der Waals surface area contributed by atoms with Gasteiger partial charge in [0, 0.05) is 24.0 Å². The Morgan fingerprint density at radius 2 is 1.66 bits per heavy atom. The summed E-state index contributed by atoms with van der Waals surface area (Å²) in [5.74, 6) is -1.17. The molecule has 0 saturated heterocycles. The molecule has 5 nitrogen and oxygen atoms in total. The average molecular weight is 541 g/mol. The molecule has 184 valence electrons. The zero-order valence-electron chi connectivity index (χ0n) is 19.8. The van der Waals surface area contributed by atoms with Crippen molar-refractivity contribution >= 4 is 27.7 Å². The number of halogens is 2. The average Bonchev–Trinajstić information content (AvgIpc) is 2.87. The molecule has 2 amide bonds. The Kier molecular flexibility index (Phi) is 10.3. The van der Waals surface area contributed by atoms with Crippen molar-refractivity contribution in [3.63, 3.8) is 0 Å². The lowest BCUT2D eigenvalue weighted by Crippen LogP contribution is -2.51. The number of nitrogens with zero attached hydrogens (tertiary/aromatic N) is 1. The van der Waals surface area contributed by atoms with Crippen LogP contribution in [0.1, 0.15) is 30.9 Å². The van der Waals surface area contributed by atoms with Crippen LogP contribution in [0, 0.1) is 5.82 Å². The molecule has 3 aromatic rings. The van der Waals surface area contributed by atoms with Gasteiger partial charge >= 0.3 is 0 Å². The summed E-state index contributed by atoms with van der Waals surface area (Å²) >= 11 is 3.43. The molecule has 3 aromatic carbocycles. The van der Waals surface area contributed by atoms with Gasteiger partial charge in [-0.25, -0.2) is 4.39 Å². The Balaban J connectivity index is 1.88. The maximum atomic E-state index is 14.1. The quantitative estimate of drug-likeness (QED) is 0.307. The number of hydrogen-bond donors (Lipinski definition) is 1. The van der Waals surface area contributed by atoms with Gasteiger partial charge in [-0.3, -0.25) is 9.59 Å². The third-order valence-corrected chi connectivity index (χ3v) is 6.08. The minimum absolute atomic E-state index is 0.00329. The van der Waals surface area contributed by atoms with Crippen LogP contribution in [0.2, 0.25) is 0 Å². The Bertz CT molecular complexity index is 1090. The number of amides is 2. The number of unbranched alkanes of at least 4 members (excludes halogenated alkanes) is 1. The molecule has 0 fully saturated rings. The SMILES string of the molecule is CCCCNC(=O)[C@@H](Cc1ccccc1)N(Cc1ccc(Br)cc1)C(=O)COc1ccccc1F. The highest BCUT2D eigenvalue weighted by molar-refractivity contribution is 9.10.